The summed E-state index contributed by atoms with van der Waals surface area (Å²) in [5.41, 5.74) is 4.97. The highest BCUT2D eigenvalue weighted by atomic mass is 32.2. The van der Waals surface area contributed by atoms with Gasteiger partial charge in [-0.1, -0.05) is 11.7 Å². The molecule has 0 aromatic heterocycles. The maximum atomic E-state index is 13.7. The summed E-state index contributed by atoms with van der Waals surface area (Å²) in [5.74, 6) is -9.72. The molecule has 0 aliphatic carbocycles. The van der Waals surface area contributed by atoms with Crippen molar-refractivity contribution in [2.45, 2.75) is 0 Å². The highest BCUT2D eigenvalue weighted by Gasteiger charge is 2.28. The zero-order chi connectivity index (χ0) is 18.5. The molecular formula is C11H9F4N5O3S. The molecule has 0 atom stereocenters. The lowest BCUT2D eigenvalue weighted by Crippen LogP contribution is -2.35. The normalized spacial score (nSPS) is 10.8. The van der Waals surface area contributed by atoms with E-state index in [1.807, 2.05) is 15.0 Å². The van der Waals surface area contributed by atoms with Gasteiger partial charge in [-0.25, -0.2) is 30.7 Å². The van der Waals surface area contributed by atoms with Crippen LogP contribution in [0.3, 0.4) is 0 Å². The minimum absolute atomic E-state index is 0.370. The lowest BCUT2D eigenvalue weighted by molar-refractivity contribution is 0.0943. The molecule has 0 radical (unpaired) electrons. The molecule has 1 rings (SSSR count). The number of hydrogen-bond acceptors (Lipinski definition) is 4. The molecule has 0 saturated carbocycles. The van der Waals surface area contributed by atoms with Crippen molar-refractivity contribution in [3.05, 3.63) is 51.3 Å². The van der Waals surface area contributed by atoms with Crippen LogP contribution in [0.1, 0.15) is 10.4 Å². The number of hydrogen-bond donors (Lipinski definition) is 2. The van der Waals surface area contributed by atoms with E-state index >= 15 is 0 Å². The van der Waals surface area contributed by atoms with Gasteiger partial charge in [0, 0.05) is 23.4 Å². The number of carbonyl (C=O) groups is 1. The van der Waals surface area contributed by atoms with Crippen LogP contribution in [0.5, 0.6) is 0 Å². The van der Waals surface area contributed by atoms with Gasteiger partial charge in [0.15, 0.2) is 23.3 Å². The second-order valence-electron chi connectivity index (χ2n) is 4.03. The molecule has 0 heterocycles. The van der Waals surface area contributed by atoms with Crippen LogP contribution in [0.2, 0.25) is 0 Å². The third kappa shape index (κ3) is 4.22. The van der Waals surface area contributed by atoms with Crippen molar-refractivity contribution in [2.24, 2.45) is 5.11 Å². The summed E-state index contributed by atoms with van der Waals surface area (Å²) in [5, 5.41) is 4.93. The fraction of sp³-hybridized carbons (Fsp3) is 0.182. The first-order chi connectivity index (χ1) is 11.2. The van der Waals surface area contributed by atoms with Gasteiger partial charge >= 0.3 is 0 Å². The molecule has 1 aromatic rings. The van der Waals surface area contributed by atoms with Crippen molar-refractivity contribution in [3.8, 4) is 0 Å². The van der Waals surface area contributed by atoms with Gasteiger partial charge in [-0.2, -0.15) is 0 Å². The molecule has 0 aliphatic rings. The summed E-state index contributed by atoms with van der Waals surface area (Å²) < 4.78 is 78.3. The third-order valence-electron chi connectivity index (χ3n) is 2.55. The van der Waals surface area contributed by atoms with E-state index in [9.17, 15) is 30.8 Å². The topological polar surface area (TPSA) is 124 Å². The molecule has 0 fully saturated rings. The van der Waals surface area contributed by atoms with Gasteiger partial charge in [-0.3, -0.25) is 4.79 Å². The smallest absolute Gasteiger partial charge is 0.257 e. The predicted octanol–water partition coefficient (Wildman–Crippen LogP) is 1.98. The number of amides is 1. The predicted molar refractivity (Wildman–Crippen MR) is 74.5 cm³/mol. The van der Waals surface area contributed by atoms with Gasteiger partial charge in [0.25, 0.3) is 5.91 Å². The Kier molecular flexibility index (Phi) is 6.28. The molecular weight excluding hydrogens is 358 g/mol. The number of azide groups is 1. The van der Waals surface area contributed by atoms with E-state index in [0.29, 0.717) is 5.41 Å². The van der Waals surface area contributed by atoms with Crippen LogP contribution in [0, 0.1) is 23.3 Å². The minimum Gasteiger partial charge on any atom is -0.351 e. The van der Waals surface area contributed by atoms with E-state index in [2.05, 4.69) is 11.7 Å². The van der Waals surface area contributed by atoms with Gasteiger partial charge in [0.1, 0.15) is 11.3 Å². The standard InChI is InChI=1S/C11H9F4N5O3S/c1-2-24(22,23)18-4-3-17-11(21)5-6(12)8(14)10(19-20-16)9(15)7(5)13/h2,18H,1,3-4H2,(H,17,21). The molecule has 1 amide bonds. The number of nitrogens with zero attached hydrogens (tertiary/aromatic N) is 3. The van der Waals surface area contributed by atoms with Crippen LogP contribution in [0.15, 0.2) is 17.1 Å². The van der Waals surface area contributed by atoms with Crippen LogP contribution in [-0.4, -0.2) is 27.4 Å². The van der Waals surface area contributed by atoms with Gasteiger partial charge in [0.2, 0.25) is 10.0 Å². The summed E-state index contributed by atoms with van der Waals surface area (Å²) >= 11 is 0. The number of nitrogens with one attached hydrogen (secondary N) is 2. The second-order valence-corrected chi connectivity index (χ2v) is 5.74. The summed E-state index contributed by atoms with van der Waals surface area (Å²) in [6, 6.07) is 0. The first-order valence-corrected chi connectivity index (χ1v) is 7.52. The Hall–Kier alpha value is -2.63. The molecule has 8 nitrogen and oxygen atoms in total. The molecule has 130 valence electrons. The van der Waals surface area contributed by atoms with Crippen molar-refractivity contribution < 1.29 is 30.8 Å². The Labute approximate surface area is 132 Å². The molecule has 1 aromatic carbocycles. The lowest BCUT2D eigenvalue weighted by atomic mass is 10.1. The SMILES string of the molecule is C=CS(=O)(=O)NCCNC(=O)c1c(F)c(F)c(N=[N+]=[N-])c(F)c1F. The third-order valence-corrected chi connectivity index (χ3v) is 3.59. The fourth-order valence-electron chi connectivity index (χ4n) is 1.47. The van der Waals surface area contributed by atoms with Gasteiger partial charge < -0.3 is 5.32 Å². The van der Waals surface area contributed by atoms with E-state index in [0.717, 1.165) is 0 Å². The van der Waals surface area contributed by atoms with Gasteiger partial charge in [0.05, 0.1) is 0 Å². The van der Waals surface area contributed by atoms with E-state index < -0.39 is 57.0 Å². The van der Waals surface area contributed by atoms with Crippen LogP contribution < -0.4 is 10.0 Å². The number of benzene rings is 1. The first kappa shape index (κ1) is 19.4. The van der Waals surface area contributed by atoms with Crippen molar-refractivity contribution >= 4 is 21.6 Å². The van der Waals surface area contributed by atoms with Crippen LogP contribution in [0.4, 0.5) is 23.2 Å². The Morgan fingerprint density at radius 2 is 1.71 bits per heavy atom. The number of halogens is 4. The second kappa shape index (κ2) is 7.77. The van der Waals surface area contributed by atoms with E-state index in [-0.39, 0.29) is 6.54 Å². The highest BCUT2D eigenvalue weighted by Crippen LogP contribution is 2.30. The van der Waals surface area contributed by atoms with E-state index in [1.165, 1.54) is 0 Å². The largest absolute Gasteiger partial charge is 0.351 e. The maximum Gasteiger partial charge on any atom is 0.257 e. The van der Waals surface area contributed by atoms with Gasteiger partial charge in [-0.05, 0) is 5.53 Å². The molecule has 0 spiro atoms. The monoisotopic (exact) mass is 367 g/mol. The Balaban J connectivity index is 3.00. The number of rotatable bonds is 7. The molecule has 0 bridgehead atoms. The number of carbonyl (C=O) groups excluding carboxylic acids is 1. The zero-order valence-electron chi connectivity index (χ0n) is 11.7. The summed E-state index contributed by atoms with van der Waals surface area (Å²) in [6.07, 6.45) is 0. The summed E-state index contributed by atoms with van der Waals surface area (Å²) in [4.78, 5) is 13.6. The average molecular weight is 367 g/mol. The molecule has 0 saturated heterocycles. The zero-order valence-corrected chi connectivity index (χ0v) is 12.5. The van der Waals surface area contributed by atoms with E-state index in [1.54, 1.807) is 0 Å². The number of sulfonamides is 1. The Morgan fingerprint density at radius 1 is 1.17 bits per heavy atom. The molecule has 2 N–H and O–H groups in total. The van der Waals surface area contributed by atoms with Crippen LogP contribution >= 0.6 is 0 Å². The fourth-order valence-corrected chi connectivity index (χ4v) is 1.97. The van der Waals surface area contributed by atoms with Crippen LogP contribution in [0.25, 0.3) is 10.4 Å². The van der Waals surface area contributed by atoms with Crippen molar-refractivity contribution in [3.63, 3.8) is 0 Å². The van der Waals surface area contributed by atoms with Gasteiger partial charge in [-0.15, -0.1) is 0 Å². The van der Waals surface area contributed by atoms with Crippen LogP contribution in [-0.2, 0) is 10.0 Å². The van der Waals surface area contributed by atoms with E-state index in [4.69, 9.17) is 5.53 Å². The highest BCUT2D eigenvalue weighted by molar-refractivity contribution is 7.92. The summed E-state index contributed by atoms with van der Waals surface area (Å²) in [6.45, 7) is 2.20. The summed E-state index contributed by atoms with van der Waals surface area (Å²) in [7, 11) is -3.78. The average Bonchev–Trinajstić information content (AvgIpc) is 2.54. The van der Waals surface area contributed by atoms with Crippen molar-refractivity contribution in [2.75, 3.05) is 13.1 Å². The Bertz CT molecular complexity index is 808. The minimum atomic E-state index is -3.78. The molecule has 13 heteroatoms. The maximum absolute atomic E-state index is 13.7. The molecule has 0 unspecified atom stereocenters. The lowest BCUT2D eigenvalue weighted by Gasteiger charge is -2.10. The quantitative estimate of drug-likeness (QED) is 0.191. The first-order valence-electron chi connectivity index (χ1n) is 5.97. The van der Waals surface area contributed by atoms with Crippen molar-refractivity contribution in [1.29, 1.82) is 0 Å². The molecule has 0 aliphatic heterocycles. The Morgan fingerprint density at radius 3 is 2.17 bits per heavy atom. The van der Waals surface area contributed by atoms with Crippen molar-refractivity contribution in [1.82, 2.24) is 10.0 Å². The molecule has 24 heavy (non-hydrogen) atoms.